The first kappa shape index (κ1) is 15.3. The standard InChI is InChI=1S/C14H29NOS/c1-4-14(5-2,17-3)12-15-10-6-8-13-9-7-11-16-13/h13,15H,4-12H2,1-3H3. The highest BCUT2D eigenvalue weighted by Gasteiger charge is 2.24. The van der Waals surface area contributed by atoms with Crippen molar-refractivity contribution in [2.75, 3.05) is 26.0 Å². The minimum absolute atomic E-state index is 0.448. The molecular formula is C14H29NOS. The zero-order valence-electron chi connectivity index (χ0n) is 11.8. The number of rotatable bonds is 9. The summed E-state index contributed by atoms with van der Waals surface area (Å²) in [5.74, 6) is 0. The monoisotopic (exact) mass is 259 g/mol. The predicted octanol–water partition coefficient (Wildman–Crippen LogP) is 3.46. The summed E-state index contributed by atoms with van der Waals surface area (Å²) in [4.78, 5) is 0. The van der Waals surface area contributed by atoms with E-state index in [4.69, 9.17) is 4.74 Å². The van der Waals surface area contributed by atoms with E-state index in [1.54, 1.807) is 0 Å². The normalized spacial score (nSPS) is 21.0. The van der Waals surface area contributed by atoms with Gasteiger partial charge in [0.15, 0.2) is 0 Å². The Bertz CT molecular complexity index is 180. The van der Waals surface area contributed by atoms with Gasteiger partial charge in [-0.2, -0.15) is 11.8 Å². The van der Waals surface area contributed by atoms with Crippen molar-refractivity contribution < 1.29 is 4.74 Å². The highest BCUT2D eigenvalue weighted by molar-refractivity contribution is 8.00. The Hall–Kier alpha value is 0.270. The summed E-state index contributed by atoms with van der Waals surface area (Å²) in [6, 6.07) is 0. The third kappa shape index (κ3) is 5.19. The molecule has 2 nitrogen and oxygen atoms in total. The SMILES string of the molecule is CCC(CC)(CNCCCC1CCCO1)SC. The lowest BCUT2D eigenvalue weighted by Gasteiger charge is -2.30. The summed E-state index contributed by atoms with van der Waals surface area (Å²) in [7, 11) is 0. The molecule has 1 unspecified atom stereocenters. The molecular weight excluding hydrogens is 230 g/mol. The van der Waals surface area contributed by atoms with E-state index in [1.807, 2.05) is 11.8 Å². The molecule has 1 N–H and O–H groups in total. The average Bonchev–Trinajstić information content (AvgIpc) is 2.88. The van der Waals surface area contributed by atoms with Crippen LogP contribution in [0.1, 0.15) is 52.4 Å². The second kappa shape index (κ2) is 8.39. The molecule has 0 aromatic carbocycles. The highest BCUT2D eigenvalue weighted by atomic mass is 32.2. The average molecular weight is 259 g/mol. The molecule has 1 saturated heterocycles. The molecule has 0 radical (unpaired) electrons. The zero-order valence-corrected chi connectivity index (χ0v) is 12.6. The van der Waals surface area contributed by atoms with Crippen LogP contribution in [0, 0.1) is 0 Å². The summed E-state index contributed by atoms with van der Waals surface area (Å²) in [5.41, 5.74) is 0. The van der Waals surface area contributed by atoms with Crippen LogP contribution in [-0.4, -0.2) is 36.8 Å². The molecule has 3 heteroatoms. The summed E-state index contributed by atoms with van der Waals surface area (Å²) in [6.45, 7) is 7.87. The summed E-state index contributed by atoms with van der Waals surface area (Å²) < 4.78 is 6.08. The van der Waals surface area contributed by atoms with E-state index in [0.717, 1.165) is 19.7 Å². The fourth-order valence-corrected chi connectivity index (χ4v) is 3.33. The van der Waals surface area contributed by atoms with E-state index >= 15 is 0 Å². The van der Waals surface area contributed by atoms with Crippen LogP contribution >= 0.6 is 11.8 Å². The Kier molecular flexibility index (Phi) is 7.56. The van der Waals surface area contributed by atoms with Crippen molar-refractivity contribution in [1.29, 1.82) is 0 Å². The van der Waals surface area contributed by atoms with Crippen LogP contribution in [0.4, 0.5) is 0 Å². The lowest BCUT2D eigenvalue weighted by molar-refractivity contribution is 0.102. The molecule has 0 spiro atoms. The first-order valence-electron chi connectivity index (χ1n) is 7.14. The summed E-state index contributed by atoms with van der Waals surface area (Å²) >= 11 is 2.01. The lowest BCUT2D eigenvalue weighted by atomic mass is 10.0. The van der Waals surface area contributed by atoms with Gasteiger partial charge in [0.1, 0.15) is 0 Å². The predicted molar refractivity (Wildman–Crippen MR) is 77.9 cm³/mol. The number of thioether (sulfide) groups is 1. The van der Waals surface area contributed by atoms with Gasteiger partial charge >= 0.3 is 0 Å². The molecule has 102 valence electrons. The van der Waals surface area contributed by atoms with E-state index in [2.05, 4.69) is 25.4 Å². The number of hydrogen-bond donors (Lipinski definition) is 1. The Morgan fingerprint density at radius 3 is 2.65 bits per heavy atom. The molecule has 0 aromatic rings. The molecule has 17 heavy (non-hydrogen) atoms. The molecule has 0 amide bonds. The third-order valence-electron chi connectivity index (χ3n) is 4.07. The summed E-state index contributed by atoms with van der Waals surface area (Å²) in [5, 5.41) is 3.63. The van der Waals surface area contributed by atoms with Crippen molar-refractivity contribution >= 4 is 11.8 Å². The van der Waals surface area contributed by atoms with Gasteiger partial charge in [-0.25, -0.2) is 0 Å². The van der Waals surface area contributed by atoms with Crippen molar-refractivity contribution in [1.82, 2.24) is 5.32 Å². The molecule has 0 saturated carbocycles. The van der Waals surface area contributed by atoms with Crippen molar-refractivity contribution in [3.8, 4) is 0 Å². The van der Waals surface area contributed by atoms with E-state index in [-0.39, 0.29) is 0 Å². The number of nitrogens with one attached hydrogen (secondary N) is 1. The minimum atomic E-state index is 0.448. The molecule has 1 heterocycles. The van der Waals surface area contributed by atoms with Crippen molar-refractivity contribution in [3.05, 3.63) is 0 Å². The van der Waals surface area contributed by atoms with Crippen LogP contribution in [0.3, 0.4) is 0 Å². The largest absolute Gasteiger partial charge is 0.378 e. The Morgan fingerprint density at radius 2 is 2.12 bits per heavy atom. The van der Waals surface area contributed by atoms with Crippen LogP contribution in [0.25, 0.3) is 0 Å². The maximum Gasteiger partial charge on any atom is 0.0576 e. The fourth-order valence-electron chi connectivity index (χ4n) is 2.50. The van der Waals surface area contributed by atoms with E-state index < -0.39 is 0 Å². The Balaban J connectivity index is 2.05. The first-order chi connectivity index (χ1) is 8.26. The van der Waals surface area contributed by atoms with Gasteiger partial charge in [0, 0.05) is 17.9 Å². The second-order valence-corrected chi connectivity index (χ2v) is 6.32. The quantitative estimate of drug-likeness (QED) is 0.641. The summed E-state index contributed by atoms with van der Waals surface area (Å²) in [6.07, 6.45) is 10.3. The van der Waals surface area contributed by atoms with Crippen LogP contribution in [0.15, 0.2) is 0 Å². The van der Waals surface area contributed by atoms with Gasteiger partial charge in [-0.15, -0.1) is 0 Å². The number of hydrogen-bond acceptors (Lipinski definition) is 3. The second-order valence-electron chi connectivity index (χ2n) is 5.05. The Morgan fingerprint density at radius 1 is 1.35 bits per heavy atom. The third-order valence-corrected chi connectivity index (χ3v) is 5.66. The van der Waals surface area contributed by atoms with Crippen LogP contribution in [-0.2, 0) is 4.74 Å². The highest BCUT2D eigenvalue weighted by Crippen LogP contribution is 2.29. The molecule has 0 aliphatic carbocycles. The van der Waals surface area contributed by atoms with Crippen LogP contribution < -0.4 is 5.32 Å². The molecule has 1 aliphatic heterocycles. The van der Waals surface area contributed by atoms with Gasteiger partial charge in [-0.1, -0.05) is 13.8 Å². The van der Waals surface area contributed by atoms with Gasteiger partial charge in [0.05, 0.1) is 6.10 Å². The van der Waals surface area contributed by atoms with Gasteiger partial charge in [0.2, 0.25) is 0 Å². The maximum absolute atomic E-state index is 5.63. The minimum Gasteiger partial charge on any atom is -0.378 e. The number of ether oxygens (including phenoxy) is 1. The Labute approximate surface area is 111 Å². The van der Waals surface area contributed by atoms with E-state index in [0.29, 0.717) is 10.9 Å². The van der Waals surface area contributed by atoms with Crippen molar-refractivity contribution in [2.24, 2.45) is 0 Å². The van der Waals surface area contributed by atoms with Gasteiger partial charge in [-0.05, 0) is 51.3 Å². The topological polar surface area (TPSA) is 21.3 Å². The van der Waals surface area contributed by atoms with Gasteiger partial charge in [-0.3, -0.25) is 0 Å². The smallest absolute Gasteiger partial charge is 0.0576 e. The van der Waals surface area contributed by atoms with Crippen molar-refractivity contribution in [3.63, 3.8) is 0 Å². The lowest BCUT2D eigenvalue weighted by Crippen LogP contribution is -2.37. The molecule has 0 aromatic heterocycles. The van der Waals surface area contributed by atoms with E-state index in [1.165, 1.54) is 38.5 Å². The maximum atomic E-state index is 5.63. The zero-order chi connectivity index (χ0) is 12.6. The van der Waals surface area contributed by atoms with E-state index in [9.17, 15) is 0 Å². The molecule has 1 atom stereocenters. The van der Waals surface area contributed by atoms with Crippen LogP contribution in [0.5, 0.6) is 0 Å². The van der Waals surface area contributed by atoms with Gasteiger partial charge < -0.3 is 10.1 Å². The fraction of sp³-hybridized carbons (Fsp3) is 1.00. The molecule has 1 fully saturated rings. The van der Waals surface area contributed by atoms with Crippen LogP contribution in [0.2, 0.25) is 0 Å². The first-order valence-corrected chi connectivity index (χ1v) is 8.36. The van der Waals surface area contributed by atoms with Gasteiger partial charge in [0.25, 0.3) is 0 Å². The molecule has 1 aliphatic rings. The molecule has 1 rings (SSSR count). The molecule has 0 bridgehead atoms. The van der Waals surface area contributed by atoms with Crippen molar-refractivity contribution in [2.45, 2.75) is 63.2 Å².